The van der Waals surface area contributed by atoms with Crippen LogP contribution >= 0.6 is 0 Å². The number of amides is 1. The number of hydrogen-bond donors (Lipinski definition) is 1. The normalized spacial score (nSPS) is 27.3. The Bertz CT molecular complexity index is 320. The van der Waals surface area contributed by atoms with Gasteiger partial charge in [-0.25, -0.2) is 0 Å². The van der Waals surface area contributed by atoms with Crippen LogP contribution in [0.4, 0.5) is 0 Å². The molecule has 1 heterocycles. The van der Waals surface area contributed by atoms with E-state index in [-0.39, 0.29) is 11.3 Å². The highest BCUT2D eigenvalue weighted by Crippen LogP contribution is 2.29. The van der Waals surface area contributed by atoms with Gasteiger partial charge in [-0.2, -0.15) is 0 Å². The van der Waals surface area contributed by atoms with Crippen molar-refractivity contribution in [3.05, 3.63) is 35.9 Å². The van der Waals surface area contributed by atoms with Crippen LogP contribution in [0.1, 0.15) is 18.9 Å². The summed E-state index contributed by atoms with van der Waals surface area (Å²) >= 11 is 0. The van der Waals surface area contributed by atoms with Gasteiger partial charge in [-0.15, -0.1) is 0 Å². The summed E-state index contributed by atoms with van der Waals surface area (Å²) in [4.78, 5) is 11.1. The predicted molar refractivity (Wildman–Crippen MR) is 51.4 cm³/mol. The third-order valence-corrected chi connectivity index (χ3v) is 2.70. The fourth-order valence-corrected chi connectivity index (χ4v) is 1.82. The summed E-state index contributed by atoms with van der Waals surface area (Å²) in [6, 6.07) is 10.2. The van der Waals surface area contributed by atoms with E-state index in [2.05, 4.69) is 24.4 Å². The predicted octanol–water partition coefficient (Wildman–Crippen LogP) is 1.46. The van der Waals surface area contributed by atoms with Gasteiger partial charge in [-0.05, 0) is 5.56 Å². The fraction of sp³-hybridized carbons (Fsp3) is 0.364. The van der Waals surface area contributed by atoms with Crippen LogP contribution in [0.2, 0.25) is 0 Å². The molecule has 2 nitrogen and oxygen atoms in total. The molecule has 1 aromatic carbocycles. The maximum atomic E-state index is 11.1. The highest BCUT2D eigenvalue weighted by Gasteiger charge is 2.34. The Morgan fingerprint density at radius 2 is 2.00 bits per heavy atom. The van der Waals surface area contributed by atoms with E-state index >= 15 is 0 Å². The van der Waals surface area contributed by atoms with Crippen LogP contribution in [0, 0.1) is 0 Å². The largest absolute Gasteiger partial charge is 0.355 e. The highest BCUT2D eigenvalue weighted by molar-refractivity contribution is 5.80. The zero-order chi connectivity index (χ0) is 9.31. The van der Waals surface area contributed by atoms with Gasteiger partial charge in [0.1, 0.15) is 0 Å². The Morgan fingerprint density at radius 3 is 2.54 bits per heavy atom. The molecule has 1 aliphatic rings. The zero-order valence-corrected chi connectivity index (χ0v) is 7.71. The van der Waals surface area contributed by atoms with Gasteiger partial charge >= 0.3 is 0 Å². The molecule has 2 rings (SSSR count). The average molecular weight is 175 g/mol. The zero-order valence-electron chi connectivity index (χ0n) is 7.71. The lowest BCUT2D eigenvalue weighted by Gasteiger charge is -2.21. The number of rotatable bonds is 1. The molecule has 0 saturated carbocycles. The first-order valence-electron chi connectivity index (χ1n) is 4.53. The lowest BCUT2D eigenvalue weighted by Crippen LogP contribution is -2.24. The third kappa shape index (κ3) is 1.44. The second-order valence-corrected chi connectivity index (χ2v) is 3.88. The van der Waals surface area contributed by atoms with Crippen LogP contribution in [0.3, 0.4) is 0 Å². The van der Waals surface area contributed by atoms with Crippen LogP contribution in [0.15, 0.2) is 30.3 Å². The van der Waals surface area contributed by atoms with Crippen molar-refractivity contribution in [1.29, 1.82) is 0 Å². The monoisotopic (exact) mass is 175 g/mol. The molecule has 0 radical (unpaired) electrons. The van der Waals surface area contributed by atoms with Crippen molar-refractivity contribution < 1.29 is 4.79 Å². The molecule has 1 atom stereocenters. The molecule has 0 spiro atoms. The summed E-state index contributed by atoms with van der Waals surface area (Å²) in [6.45, 7) is 2.88. The minimum Gasteiger partial charge on any atom is -0.355 e. The number of nitrogens with one attached hydrogen (secondary N) is 1. The molecule has 2 heteroatoms. The molecule has 13 heavy (non-hydrogen) atoms. The topological polar surface area (TPSA) is 29.1 Å². The van der Waals surface area contributed by atoms with E-state index < -0.39 is 0 Å². The van der Waals surface area contributed by atoms with Crippen molar-refractivity contribution >= 4 is 5.91 Å². The molecule has 1 fully saturated rings. The Balaban J connectivity index is 2.31. The number of carbonyl (C=O) groups is 1. The van der Waals surface area contributed by atoms with E-state index in [9.17, 15) is 4.79 Å². The van der Waals surface area contributed by atoms with Crippen molar-refractivity contribution in [2.24, 2.45) is 0 Å². The van der Waals surface area contributed by atoms with Crippen molar-refractivity contribution in [2.75, 3.05) is 6.54 Å². The van der Waals surface area contributed by atoms with Crippen molar-refractivity contribution in [3.8, 4) is 0 Å². The number of carbonyl (C=O) groups excluding carboxylic acids is 1. The molecule has 1 aromatic rings. The average Bonchev–Trinajstić information content (AvgIpc) is 2.49. The summed E-state index contributed by atoms with van der Waals surface area (Å²) in [7, 11) is 0. The first-order valence-corrected chi connectivity index (χ1v) is 4.53. The summed E-state index contributed by atoms with van der Waals surface area (Å²) in [6.07, 6.45) is 0.608. The van der Waals surface area contributed by atoms with E-state index in [0.29, 0.717) is 6.42 Å². The van der Waals surface area contributed by atoms with Gasteiger partial charge in [0.2, 0.25) is 5.91 Å². The Labute approximate surface area is 78.0 Å². The van der Waals surface area contributed by atoms with Crippen LogP contribution < -0.4 is 5.32 Å². The second-order valence-electron chi connectivity index (χ2n) is 3.88. The lowest BCUT2D eigenvalue weighted by atomic mass is 9.82. The Morgan fingerprint density at radius 1 is 1.31 bits per heavy atom. The molecule has 1 N–H and O–H groups in total. The summed E-state index contributed by atoms with van der Waals surface area (Å²) in [5.74, 6) is 0.159. The second kappa shape index (κ2) is 2.87. The first kappa shape index (κ1) is 8.30. The summed E-state index contributed by atoms with van der Waals surface area (Å²) in [5.41, 5.74) is 1.24. The lowest BCUT2D eigenvalue weighted by molar-refractivity contribution is -0.119. The van der Waals surface area contributed by atoms with Gasteiger partial charge in [0.25, 0.3) is 0 Å². The molecular weight excluding hydrogens is 162 g/mol. The van der Waals surface area contributed by atoms with Crippen LogP contribution in [0.5, 0.6) is 0 Å². The molecular formula is C11H13NO. The maximum absolute atomic E-state index is 11.1. The van der Waals surface area contributed by atoms with E-state index in [1.165, 1.54) is 5.56 Å². The molecule has 1 aliphatic heterocycles. The third-order valence-electron chi connectivity index (χ3n) is 2.70. The van der Waals surface area contributed by atoms with E-state index in [0.717, 1.165) is 6.54 Å². The molecule has 0 aliphatic carbocycles. The summed E-state index contributed by atoms with van der Waals surface area (Å²) < 4.78 is 0. The molecule has 68 valence electrons. The first-order chi connectivity index (χ1) is 6.21. The van der Waals surface area contributed by atoms with Gasteiger partial charge < -0.3 is 5.32 Å². The molecule has 1 unspecified atom stereocenters. The summed E-state index contributed by atoms with van der Waals surface area (Å²) in [5, 5.41) is 2.87. The van der Waals surface area contributed by atoms with E-state index in [1.54, 1.807) is 0 Å². The van der Waals surface area contributed by atoms with Crippen molar-refractivity contribution in [2.45, 2.75) is 18.8 Å². The van der Waals surface area contributed by atoms with Crippen LogP contribution in [-0.4, -0.2) is 12.5 Å². The molecule has 1 amide bonds. The van der Waals surface area contributed by atoms with Crippen LogP contribution in [0.25, 0.3) is 0 Å². The highest BCUT2D eigenvalue weighted by atomic mass is 16.1. The maximum Gasteiger partial charge on any atom is 0.220 e. The minimum atomic E-state index is -0.00164. The molecule has 0 bridgehead atoms. The molecule has 0 aromatic heterocycles. The van der Waals surface area contributed by atoms with E-state index in [4.69, 9.17) is 0 Å². The van der Waals surface area contributed by atoms with E-state index in [1.807, 2.05) is 18.2 Å². The standard InChI is InChI=1S/C11H13NO/c1-11(7-10(13)12-8-11)9-5-3-2-4-6-9/h2-6H,7-8H2,1H3,(H,12,13). The quantitative estimate of drug-likeness (QED) is 0.688. The Kier molecular flexibility index (Phi) is 1.83. The molecule has 1 saturated heterocycles. The van der Waals surface area contributed by atoms with Crippen molar-refractivity contribution in [1.82, 2.24) is 5.32 Å². The van der Waals surface area contributed by atoms with Gasteiger partial charge in [0.05, 0.1) is 0 Å². The smallest absolute Gasteiger partial charge is 0.220 e. The number of benzene rings is 1. The Hall–Kier alpha value is -1.31. The SMILES string of the molecule is CC1(c2ccccc2)CNC(=O)C1. The van der Waals surface area contributed by atoms with Crippen molar-refractivity contribution in [3.63, 3.8) is 0 Å². The van der Waals surface area contributed by atoms with Crippen LogP contribution in [-0.2, 0) is 10.2 Å². The number of hydrogen-bond acceptors (Lipinski definition) is 1. The van der Waals surface area contributed by atoms with Gasteiger partial charge in [-0.3, -0.25) is 4.79 Å². The van der Waals surface area contributed by atoms with Gasteiger partial charge in [0.15, 0.2) is 0 Å². The minimum absolute atomic E-state index is 0.00164. The van der Waals surface area contributed by atoms with Gasteiger partial charge in [0, 0.05) is 18.4 Å². The van der Waals surface area contributed by atoms with Gasteiger partial charge in [-0.1, -0.05) is 37.3 Å². The fourth-order valence-electron chi connectivity index (χ4n) is 1.82.